The summed E-state index contributed by atoms with van der Waals surface area (Å²) in [5.74, 6) is 0.204. The fourth-order valence-corrected chi connectivity index (χ4v) is 1.57. The Kier molecular flexibility index (Phi) is 7.11. The van der Waals surface area contributed by atoms with E-state index in [-0.39, 0.29) is 18.1 Å². The maximum atomic E-state index is 12.7. The van der Waals surface area contributed by atoms with E-state index in [0.717, 1.165) is 18.6 Å². The lowest BCUT2D eigenvalue weighted by atomic mass is 10.1. The predicted molar refractivity (Wildman–Crippen MR) is 73.4 cm³/mol. The van der Waals surface area contributed by atoms with Gasteiger partial charge in [-0.1, -0.05) is 26.0 Å². The molecule has 4 heteroatoms. The van der Waals surface area contributed by atoms with Gasteiger partial charge in [-0.25, -0.2) is 4.39 Å². The van der Waals surface area contributed by atoms with Gasteiger partial charge in [-0.2, -0.15) is 0 Å². The van der Waals surface area contributed by atoms with E-state index < -0.39 is 0 Å². The molecule has 0 bridgehead atoms. The van der Waals surface area contributed by atoms with E-state index in [2.05, 4.69) is 19.2 Å². The molecule has 106 valence electrons. The number of amides is 1. The molecule has 1 aromatic carbocycles. The molecule has 0 heterocycles. The molecule has 1 rings (SSSR count). The zero-order chi connectivity index (χ0) is 14.1. The second-order valence-corrected chi connectivity index (χ2v) is 4.98. The molecular weight excluding hydrogens is 245 g/mol. The number of carbonyl (C=O) groups is 1. The molecule has 1 N–H and O–H groups in total. The Balaban J connectivity index is 2.09. The van der Waals surface area contributed by atoms with Crippen LogP contribution in [-0.2, 0) is 16.0 Å². The number of nitrogens with one attached hydrogen (secondary N) is 1. The predicted octanol–water partition coefficient (Wildman–Crippen LogP) is 2.55. The second-order valence-electron chi connectivity index (χ2n) is 4.98. The average Bonchev–Trinajstić information content (AvgIpc) is 2.36. The monoisotopic (exact) mass is 267 g/mol. The molecular formula is C15H22FNO2. The standard InChI is InChI=1S/C15H22FNO2/c1-12(2)11-19-9-3-8-17-15(18)10-13-4-6-14(16)7-5-13/h4-7,12H,3,8-11H2,1-2H3,(H,17,18). The Hall–Kier alpha value is -1.42. The van der Waals surface area contributed by atoms with Gasteiger partial charge in [-0.15, -0.1) is 0 Å². The van der Waals surface area contributed by atoms with Crippen molar-refractivity contribution in [2.45, 2.75) is 26.7 Å². The van der Waals surface area contributed by atoms with Gasteiger partial charge in [0.2, 0.25) is 5.91 Å². The Morgan fingerprint density at radius 2 is 2.00 bits per heavy atom. The highest BCUT2D eigenvalue weighted by Crippen LogP contribution is 2.03. The third-order valence-electron chi connectivity index (χ3n) is 2.52. The third kappa shape index (κ3) is 7.57. The fraction of sp³-hybridized carbons (Fsp3) is 0.533. The fourth-order valence-electron chi connectivity index (χ4n) is 1.57. The van der Waals surface area contributed by atoms with Crippen LogP contribution in [-0.4, -0.2) is 25.7 Å². The average molecular weight is 267 g/mol. The van der Waals surface area contributed by atoms with E-state index in [0.29, 0.717) is 19.1 Å². The van der Waals surface area contributed by atoms with Crippen molar-refractivity contribution in [3.8, 4) is 0 Å². The molecule has 0 fully saturated rings. The summed E-state index contributed by atoms with van der Waals surface area (Å²) >= 11 is 0. The SMILES string of the molecule is CC(C)COCCCNC(=O)Cc1ccc(F)cc1. The molecule has 0 aliphatic rings. The summed E-state index contributed by atoms with van der Waals surface area (Å²) in [5.41, 5.74) is 0.815. The zero-order valence-electron chi connectivity index (χ0n) is 11.6. The molecule has 0 atom stereocenters. The first-order valence-electron chi connectivity index (χ1n) is 6.67. The smallest absolute Gasteiger partial charge is 0.224 e. The number of rotatable bonds is 8. The van der Waals surface area contributed by atoms with Gasteiger partial charge < -0.3 is 10.1 Å². The summed E-state index contributed by atoms with van der Waals surface area (Å²) in [6, 6.07) is 5.98. The largest absolute Gasteiger partial charge is 0.381 e. The van der Waals surface area contributed by atoms with Crippen LogP contribution in [0.15, 0.2) is 24.3 Å². The highest BCUT2D eigenvalue weighted by atomic mass is 19.1. The summed E-state index contributed by atoms with van der Waals surface area (Å²) in [6.45, 7) is 6.23. The van der Waals surface area contributed by atoms with Gasteiger partial charge in [0.25, 0.3) is 0 Å². The van der Waals surface area contributed by atoms with Crippen molar-refractivity contribution in [1.82, 2.24) is 5.32 Å². The van der Waals surface area contributed by atoms with E-state index in [4.69, 9.17) is 4.74 Å². The highest BCUT2D eigenvalue weighted by molar-refractivity contribution is 5.78. The molecule has 0 radical (unpaired) electrons. The van der Waals surface area contributed by atoms with Crippen molar-refractivity contribution in [2.24, 2.45) is 5.92 Å². The van der Waals surface area contributed by atoms with Gasteiger partial charge in [-0.05, 0) is 30.0 Å². The summed E-state index contributed by atoms with van der Waals surface area (Å²) in [4.78, 5) is 11.6. The van der Waals surface area contributed by atoms with Crippen LogP contribution in [0.1, 0.15) is 25.8 Å². The van der Waals surface area contributed by atoms with E-state index >= 15 is 0 Å². The van der Waals surface area contributed by atoms with Crippen LogP contribution in [0.4, 0.5) is 4.39 Å². The molecule has 19 heavy (non-hydrogen) atoms. The minimum Gasteiger partial charge on any atom is -0.381 e. The number of carbonyl (C=O) groups excluding carboxylic acids is 1. The molecule has 0 aromatic heterocycles. The number of ether oxygens (including phenoxy) is 1. The Bertz CT molecular complexity index is 376. The molecule has 3 nitrogen and oxygen atoms in total. The quantitative estimate of drug-likeness (QED) is 0.735. The lowest BCUT2D eigenvalue weighted by Crippen LogP contribution is -2.26. The number of hydrogen-bond donors (Lipinski definition) is 1. The molecule has 0 saturated carbocycles. The maximum absolute atomic E-state index is 12.7. The minimum atomic E-state index is -0.286. The lowest BCUT2D eigenvalue weighted by molar-refractivity contribution is -0.120. The number of benzene rings is 1. The molecule has 1 amide bonds. The van der Waals surface area contributed by atoms with Crippen molar-refractivity contribution < 1.29 is 13.9 Å². The Morgan fingerprint density at radius 3 is 2.63 bits per heavy atom. The first-order chi connectivity index (χ1) is 9.08. The highest BCUT2D eigenvalue weighted by Gasteiger charge is 2.03. The first kappa shape index (κ1) is 15.6. The summed E-state index contributed by atoms with van der Waals surface area (Å²) in [5, 5.41) is 2.82. The Labute approximate surface area is 114 Å². The van der Waals surface area contributed by atoms with Gasteiger partial charge >= 0.3 is 0 Å². The summed E-state index contributed by atoms with van der Waals surface area (Å²) in [7, 11) is 0. The summed E-state index contributed by atoms with van der Waals surface area (Å²) < 4.78 is 18.1. The van der Waals surface area contributed by atoms with E-state index in [1.807, 2.05) is 0 Å². The van der Waals surface area contributed by atoms with Crippen molar-refractivity contribution in [2.75, 3.05) is 19.8 Å². The van der Waals surface area contributed by atoms with Crippen molar-refractivity contribution in [3.05, 3.63) is 35.6 Å². The molecule has 0 aliphatic heterocycles. The van der Waals surface area contributed by atoms with Crippen LogP contribution in [0.5, 0.6) is 0 Å². The third-order valence-corrected chi connectivity index (χ3v) is 2.52. The van der Waals surface area contributed by atoms with Gasteiger partial charge in [0.05, 0.1) is 6.42 Å². The lowest BCUT2D eigenvalue weighted by Gasteiger charge is -2.08. The van der Waals surface area contributed by atoms with E-state index in [1.165, 1.54) is 12.1 Å². The van der Waals surface area contributed by atoms with Crippen LogP contribution in [0.3, 0.4) is 0 Å². The Morgan fingerprint density at radius 1 is 1.32 bits per heavy atom. The van der Waals surface area contributed by atoms with Gasteiger partial charge in [0.15, 0.2) is 0 Å². The minimum absolute atomic E-state index is 0.0459. The van der Waals surface area contributed by atoms with Crippen molar-refractivity contribution in [1.29, 1.82) is 0 Å². The van der Waals surface area contributed by atoms with Crippen LogP contribution >= 0.6 is 0 Å². The van der Waals surface area contributed by atoms with Crippen LogP contribution in [0, 0.1) is 11.7 Å². The van der Waals surface area contributed by atoms with Gasteiger partial charge in [-0.3, -0.25) is 4.79 Å². The van der Waals surface area contributed by atoms with Crippen molar-refractivity contribution >= 4 is 5.91 Å². The molecule has 1 aromatic rings. The maximum Gasteiger partial charge on any atom is 0.224 e. The van der Waals surface area contributed by atoms with Gasteiger partial charge in [0.1, 0.15) is 5.82 Å². The second kappa shape index (κ2) is 8.64. The molecule has 0 aliphatic carbocycles. The molecule has 0 saturated heterocycles. The molecule has 0 spiro atoms. The number of halogens is 1. The van der Waals surface area contributed by atoms with Crippen LogP contribution in [0.2, 0.25) is 0 Å². The number of hydrogen-bond acceptors (Lipinski definition) is 2. The van der Waals surface area contributed by atoms with E-state index in [1.54, 1.807) is 12.1 Å². The van der Waals surface area contributed by atoms with E-state index in [9.17, 15) is 9.18 Å². The topological polar surface area (TPSA) is 38.3 Å². The van der Waals surface area contributed by atoms with Crippen molar-refractivity contribution in [3.63, 3.8) is 0 Å². The normalized spacial score (nSPS) is 10.7. The van der Waals surface area contributed by atoms with Crippen LogP contribution < -0.4 is 5.32 Å². The van der Waals surface area contributed by atoms with Gasteiger partial charge in [0, 0.05) is 19.8 Å². The zero-order valence-corrected chi connectivity index (χ0v) is 11.6. The molecule has 0 unspecified atom stereocenters. The summed E-state index contributed by atoms with van der Waals surface area (Å²) in [6.07, 6.45) is 1.09. The van der Waals surface area contributed by atoms with Crippen LogP contribution in [0.25, 0.3) is 0 Å². The first-order valence-corrected chi connectivity index (χ1v) is 6.67.